The molecule has 2 saturated heterocycles. The van der Waals surface area contributed by atoms with Crippen LogP contribution in [0.3, 0.4) is 0 Å². The first-order valence-electron chi connectivity index (χ1n) is 9.28. The fraction of sp³-hybridized carbons (Fsp3) is 0.526. The maximum absolute atomic E-state index is 11.2. The summed E-state index contributed by atoms with van der Waals surface area (Å²) in [4.78, 5) is 7.07. The molecule has 138 valence electrons. The van der Waals surface area contributed by atoms with Crippen molar-refractivity contribution in [3.8, 4) is 5.88 Å². The van der Waals surface area contributed by atoms with E-state index in [1.165, 1.54) is 0 Å². The number of aromatic hydroxyl groups is 1. The molecule has 3 aliphatic heterocycles. The number of benzene rings is 1. The number of aromatic nitrogens is 1. The number of nitrogen functional groups attached to an aromatic ring is 1. The first-order chi connectivity index (χ1) is 12.7. The molecule has 0 radical (unpaired) electrons. The van der Waals surface area contributed by atoms with Gasteiger partial charge >= 0.3 is 0 Å². The second-order valence-corrected chi connectivity index (χ2v) is 7.35. The number of likely N-dealkylation sites (tertiary alicyclic amines) is 1. The summed E-state index contributed by atoms with van der Waals surface area (Å²) in [5, 5.41) is 12.1. The highest BCUT2D eigenvalue weighted by Crippen LogP contribution is 2.39. The zero-order valence-corrected chi connectivity index (χ0v) is 14.7. The molecule has 0 bridgehead atoms. The summed E-state index contributed by atoms with van der Waals surface area (Å²) >= 11 is 0. The molecule has 4 heterocycles. The highest BCUT2D eigenvalue weighted by Gasteiger charge is 2.35. The van der Waals surface area contributed by atoms with Crippen LogP contribution in [0.1, 0.15) is 18.0 Å². The largest absolute Gasteiger partial charge is 0.494 e. The van der Waals surface area contributed by atoms with Crippen LogP contribution in [0.5, 0.6) is 5.88 Å². The summed E-state index contributed by atoms with van der Waals surface area (Å²) in [5.41, 5.74) is 9.32. The van der Waals surface area contributed by atoms with Gasteiger partial charge in [-0.3, -0.25) is 9.89 Å². The first-order valence-corrected chi connectivity index (χ1v) is 9.28. The Bertz CT molecular complexity index is 871. The van der Waals surface area contributed by atoms with Gasteiger partial charge in [-0.15, -0.1) is 0 Å². The predicted molar refractivity (Wildman–Crippen MR) is 100 cm³/mol. The zero-order valence-electron chi connectivity index (χ0n) is 14.7. The van der Waals surface area contributed by atoms with E-state index in [4.69, 9.17) is 15.2 Å². The third-order valence-corrected chi connectivity index (χ3v) is 5.76. The van der Waals surface area contributed by atoms with Crippen LogP contribution in [0.4, 0.5) is 5.69 Å². The third-order valence-electron chi connectivity index (χ3n) is 5.76. The Morgan fingerprint density at radius 3 is 2.81 bits per heavy atom. The lowest BCUT2D eigenvalue weighted by atomic mass is 10.1. The Morgan fingerprint density at radius 2 is 2.08 bits per heavy atom. The van der Waals surface area contributed by atoms with E-state index < -0.39 is 0 Å². The molecule has 0 amide bonds. The molecule has 1 aromatic carbocycles. The zero-order chi connectivity index (χ0) is 17.7. The van der Waals surface area contributed by atoms with Crippen molar-refractivity contribution in [3.63, 3.8) is 0 Å². The fourth-order valence-corrected chi connectivity index (χ4v) is 4.33. The molecule has 3 aliphatic rings. The SMILES string of the molecule is Nc1ccc2c(c1)c(C1=NCCOC1)c(O)n2[C@H]1CCN(C2COC2)C1. The van der Waals surface area contributed by atoms with Crippen LogP contribution in [0.25, 0.3) is 10.9 Å². The van der Waals surface area contributed by atoms with Crippen LogP contribution >= 0.6 is 0 Å². The van der Waals surface area contributed by atoms with Crippen molar-refractivity contribution >= 4 is 22.3 Å². The quantitative estimate of drug-likeness (QED) is 0.812. The van der Waals surface area contributed by atoms with Crippen molar-refractivity contribution in [1.29, 1.82) is 0 Å². The van der Waals surface area contributed by atoms with Gasteiger partial charge in [0, 0.05) is 24.2 Å². The molecule has 7 heteroatoms. The summed E-state index contributed by atoms with van der Waals surface area (Å²) in [6.07, 6.45) is 1.01. The van der Waals surface area contributed by atoms with Crippen molar-refractivity contribution in [2.45, 2.75) is 18.5 Å². The normalized spacial score (nSPS) is 24.8. The Labute approximate surface area is 152 Å². The number of rotatable bonds is 3. The Balaban J connectivity index is 1.59. The number of ether oxygens (including phenoxy) is 2. The van der Waals surface area contributed by atoms with E-state index in [1.54, 1.807) is 0 Å². The van der Waals surface area contributed by atoms with E-state index in [2.05, 4.69) is 14.5 Å². The van der Waals surface area contributed by atoms with Gasteiger partial charge in [-0.05, 0) is 24.6 Å². The van der Waals surface area contributed by atoms with Crippen molar-refractivity contribution in [2.24, 2.45) is 4.99 Å². The van der Waals surface area contributed by atoms with E-state index in [9.17, 15) is 5.11 Å². The smallest absolute Gasteiger partial charge is 0.201 e. The maximum atomic E-state index is 11.2. The van der Waals surface area contributed by atoms with Gasteiger partial charge in [0.2, 0.25) is 5.88 Å². The second kappa shape index (κ2) is 6.26. The van der Waals surface area contributed by atoms with Crippen LogP contribution in [-0.2, 0) is 9.47 Å². The molecule has 0 spiro atoms. The molecular weight excluding hydrogens is 332 g/mol. The summed E-state index contributed by atoms with van der Waals surface area (Å²) < 4.78 is 13.0. The van der Waals surface area contributed by atoms with Crippen molar-refractivity contribution in [3.05, 3.63) is 23.8 Å². The Morgan fingerprint density at radius 1 is 1.19 bits per heavy atom. The lowest BCUT2D eigenvalue weighted by molar-refractivity contribution is -0.0578. The number of nitrogens with zero attached hydrogens (tertiary/aromatic N) is 3. The highest BCUT2D eigenvalue weighted by atomic mass is 16.5. The monoisotopic (exact) mass is 356 g/mol. The van der Waals surface area contributed by atoms with Crippen LogP contribution in [0, 0.1) is 0 Å². The molecule has 26 heavy (non-hydrogen) atoms. The van der Waals surface area contributed by atoms with Crippen LogP contribution in [0.15, 0.2) is 23.2 Å². The molecule has 3 N–H and O–H groups in total. The standard InChI is InChI=1S/C19H24N4O3/c20-12-1-2-17-15(7-12)18(16-11-25-6-4-21-16)19(24)23(17)13-3-5-22(8-13)14-9-26-10-14/h1-2,7,13-14,24H,3-6,8-11,20H2/t13-/m0/s1. The molecule has 0 aliphatic carbocycles. The minimum absolute atomic E-state index is 0.237. The minimum atomic E-state index is 0.237. The number of hydrogen-bond acceptors (Lipinski definition) is 6. The Kier molecular flexibility index (Phi) is 3.88. The fourth-order valence-electron chi connectivity index (χ4n) is 4.33. The van der Waals surface area contributed by atoms with Gasteiger partial charge in [0.1, 0.15) is 0 Å². The molecule has 2 aromatic rings. The number of nitrogens with two attached hydrogens (primary N) is 1. The summed E-state index contributed by atoms with van der Waals surface area (Å²) in [6, 6.07) is 6.60. The molecule has 0 unspecified atom stereocenters. The van der Waals surface area contributed by atoms with Gasteiger partial charge in [0.25, 0.3) is 0 Å². The maximum Gasteiger partial charge on any atom is 0.201 e. The molecule has 7 nitrogen and oxygen atoms in total. The van der Waals surface area contributed by atoms with Gasteiger partial charge in [-0.1, -0.05) is 0 Å². The minimum Gasteiger partial charge on any atom is -0.494 e. The molecule has 2 fully saturated rings. The number of fused-ring (bicyclic) bond motifs is 1. The Hall–Kier alpha value is -2.09. The van der Waals surface area contributed by atoms with Gasteiger partial charge in [-0.25, -0.2) is 0 Å². The predicted octanol–water partition coefficient (Wildman–Crippen LogP) is 1.39. The van der Waals surface area contributed by atoms with E-state index in [1.807, 2.05) is 18.2 Å². The van der Waals surface area contributed by atoms with Crippen molar-refractivity contribution in [1.82, 2.24) is 9.47 Å². The van der Waals surface area contributed by atoms with E-state index >= 15 is 0 Å². The van der Waals surface area contributed by atoms with E-state index in [0.29, 0.717) is 31.5 Å². The van der Waals surface area contributed by atoms with Gasteiger partial charge in [0.05, 0.1) is 61.8 Å². The first kappa shape index (κ1) is 16.1. The van der Waals surface area contributed by atoms with E-state index in [-0.39, 0.29) is 11.9 Å². The van der Waals surface area contributed by atoms with Crippen molar-refractivity contribution in [2.75, 3.05) is 51.8 Å². The van der Waals surface area contributed by atoms with E-state index in [0.717, 1.165) is 54.9 Å². The summed E-state index contributed by atoms with van der Waals surface area (Å²) in [7, 11) is 0. The number of anilines is 1. The van der Waals surface area contributed by atoms with Crippen molar-refractivity contribution < 1.29 is 14.6 Å². The molecule has 1 aromatic heterocycles. The highest BCUT2D eigenvalue weighted by molar-refractivity contribution is 6.14. The average molecular weight is 356 g/mol. The molecule has 1 atom stereocenters. The topological polar surface area (TPSA) is 85.2 Å². The molecule has 5 rings (SSSR count). The van der Waals surface area contributed by atoms with Crippen LogP contribution in [-0.4, -0.2) is 72.4 Å². The second-order valence-electron chi connectivity index (χ2n) is 7.35. The van der Waals surface area contributed by atoms with Crippen LogP contribution < -0.4 is 5.73 Å². The van der Waals surface area contributed by atoms with Gasteiger partial charge in [-0.2, -0.15) is 0 Å². The third kappa shape index (κ3) is 2.50. The number of aliphatic imine (C=N–C) groups is 1. The lowest BCUT2D eigenvalue weighted by Gasteiger charge is -2.34. The van der Waals surface area contributed by atoms with Crippen LogP contribution in [0.2, 0.25) is 0 Å². The number of hydrogen-bond donors (Lipinski definition) is 2. The molecular formula is C19H24N4O3. The summed E-state index contributed by atoms with van der Waals surface area (Å²) in [5.74, 6) is 0.284. The van der Waals surface area contributed by atoms with Gasteiger partial charge < -0.3 is 24.9 Å². The lowest BCUT2D eigenvalue weighted by Crippen LogP contribution is -2.47. The summed E-state index contributed by atoms with van der Waals surface area (Å²) in [6.45, 7) is 5.29. The van der Waals surface area contributed by atoms with Gasteiger partial charge in [0.15, 0.2) is 0 Å². The molecule has 0 saturated carbocycles. The average Bonchev–Trinajstić information content (AvgIpc) is 3.16.